The molecule has 1 aromatic carbocycles. The van der Waals surface area contributed by atoms with Crippen molar-refractivity contribution < 1.29 is 72.5 Å². The van der Waals surface area contributed by atoms with Crippen molar-refractivity contribution in [2.75, 3.05) is 13.2 Å². The molecule has 6 rings (SSSR count). The number of ketones is 1. The van der Waals surface area contributed by atoms with Gasteiger partial charge in [0.2, 0.25) is 5.91 Å². The number of rotatable bonds is 12. The summed E-state index contributed by atoms with van der Waals surface area (Å²) in [5, 5.41) is 41.8. The molecule has 4 aliphatic rings. The third-order valence-corrected chi connectivity index (χ3v) is 13.9. The maximum Gasteiger partial charge on any atom is 0.509 e. The van der Waals surface area contributed by atoms with E-state index in [1.54, 1.807) is 49.6 Å². The van der Waals surface area contributed by atoms with E-state index in [4.69, 9.17) is 28.4 Å². The van der Waals surface area contributed by atoms with Crippen LogP contribution in [0.15, 0.2) is 59.0 Å². The van der Waals surface area contributed by atoms with E-state index in [1.165, 1.54) is 44.2 Å². The van der Waals surface area contributed by atoms with Crippen LogP contribution in [0.3, 0.4) is 0 Å². The number of fused-ring (bicyclic) bond motifs is 5. The molecule has 2 unspecified atom stereocenters. The Morgan fingerprint density at radius 2 is 1.70 bits per heavy atom. The molecule has 11 atom stereocenters. The van der Waals surface area contributed by atoms with E-state index >= 15 is 4.79 Å². The van der Waals surface area contributed by atoms with Crippen molar-refractivity contribution >= 4 is 47.1 Å². The van der Waals surface area contributed by atoms with E-state index in [0.29, 0.717) is 4.88 Å². The Labute approximate surface area is 357 Å². The summed E-state index contributed by atoms with van der Waals surface area (Å²) in [4.78, 5) is 83.8. The number of aliphatic hydroxyl groups is 3. The van der Waals surface area contributed by atoms with Crippen LogP contribution in [-0.4, -0.2) is 112 Å². The van der Waals surface area contributed by atoms with E-state index in [0.717, 1.165) is 6.92 Å². The number of benzene rings is 1. The molecule has 3 aliphatic carbocycles. The zero-order chi connectivity index (χ0) is 44.8. The topological polar surface area (TPSA) is 231 Å². The van der Waals surface area contributed by atoms with Gasteiger partial charge < -0.3 is 49.1 Å². The van der Waals surface area contributed by atoms with Crippen LogP contribution in [-0.2, 0) is 47.6 Å². The number of Topliss-reactive ketones (excluding diaryl/α,β-unsaturated/α-hetero) is 1. The van der Waals surface area contributed by atoms with Gasteiger partial charge in [0.25, 0.3) is 0 Å². The highest BCUT2D eigenvalue weighted by Crippen LogP contribution is 2.64. The maximum atomic E-state index is 15.6. The van der Waals surface area contributed by atoms with Crippen LogP contribution in [0.4, 0.5) is 4.79 Å². The molecular formula is C44H55NO15S. The Bertz CT molecular complexity index is 2050. The summed E-state index contributed by atoms with van der Waals surface area (Å²) in [6.07, 6.45) is -11.8. The second-order valence-corrected chi connectivity index (χ2v) is 18.5. The van der Waals surface area contributed by atoms with E-state index in [-0.39, 0.29) is 48.7 Å². The fourth-order valence-corrected chi connectivity index (χ4v) is 10.6. The minimum absolute atomic E-state index is 0.0357. The number of carbonyl (C=O) groups excluding carboxylic acids is 6. The highest BCUT2D eigenvalue weighted by Gasteiger charge is 2.78. The average Bonchev–Trinajstić information content (AvgIpc) is 3.73. The second kappa shape index (κ2) is 17.2. The maximum absolute atomic E-state index is 15.6. The fraction of sp³-hybridized carbons (Fsp3) is 0.591. The number of amides is 1. The summed E-state index contributed by atoms with van der Waals surface area (Å²) < 4.78 is 35.4. The molecule has 1 aromatic heterocycles. The monoisotopic (exact) mass is 869 g/mol. The van der Waals surface area contributed by atoms with E-state index < -0.39 is 113 Å². The molecule has 4 N–H and O–H groups in total. The quantitative estimate of drug-likeness (QED) is 0.133. The van der Waals surface area contributed by atoms with Crippen molar-refractivity contribution in [1.29, 1.82) is 0 Å². The number of hydrogen-bond acceptors (Lipinski definition) is 16. The fourth-order valence-electron chi connectivity index (χ4n) is 9.82. The molecule has 16 nitrogen and oxygen atoms in total. The molecule has 1 saturated heterocycles. The van der Waals surface area contributed by atoms with Gasteiger partial charge in [-0.1, -0.05) is 52.0 Å². The lowest BCUT2D eigenvalue weighted by molar-refractivity contribution is -0.346. The lowest BCUT2D eigenvalue weighted by atomic mass is 9.44. The first kappa shape index (κ1) is 45.8. The van der Waals surface area contributed by atoms with Crippen molar-refractivity contribution in [1.82, 2.24) is 5.32 Å². The molecule has 61 heavy (non-hydrogen) atoms. The number of esters is 3. The van der Waals surface area contributed by atoms with Gasteiger partial charge in [-0.2, -0.15) is 0 Å². The summed E-state index contributed by atoms with van der Waals surface area (Å²) >= 11 is 1.19. The summed E-state index contributed by atoms with van der Waals surface area (Å²) in [6, 6.07) is 9.93. The minimum atomic E-state index is -2.41. The predicted molar refractivity (Wildman–Crippen MR) is 216 cm³/mol. The lowest BCUT2D eigenvalue weighted by Crippen LogP contribution is -2.82. The third-order valence-electron chi connectivity index (χ3n) is 13.0. The van der Waals surface area contributed by atoms with Gasteiger partial charge in [0.1, 0.15) is 30.0 Å². The molecule has 2 saturated carbocycles. The van der Waals surface area contributed by atoms with Crippen LogP contribution >= 0.6 is 11.3 Å². The van der Waals surface area contributed by atoms with Gasteiger partial charge in [-0.05, 0) is 61.4 Å². The highest BCUT2D eigenvalue weighted by atomic mass is 32.1. The molecule has 2 heterocycles. The smallest absolute Gasteiger partial charge is 0.456 e. The van der Waals surface area contributed by atoms with Gasteiger partial charge in [0.05, 0.1) is 36.2 Å². The van der Waals surface area contributed by atoms with Crippen LogP contribution in [0.5, 0.6) is 0 Å². The summed E-state index contributed by atoms with van der Waals surface area (Å²) in [7, 11) is 0. The van der Waals surface area contributed by atoms with Crippen LogP contribution < -0.4 is 5.32 Å². The average molecular weight is 870 g/mol. The van der Waals surface area contributed by atoms with Crippen LogP contribution in [0, 0.1) is 22.7 Å². The highest BCUT2D eigenvalue weighted by molar-refractivity contribution is 7.10. The second-order valence-electron chi connectivity index (χ2n) is 17.5. The van der Waals surface area contributed by atoms with Gasteiger partial charge in [0.15, 0.2) is 23.6 Å². The number of hydrogen-bond donors (Lipinski definition) is 4. The Balaban J connectivity index is 1.56. The van der Waals surface area contributed by atoms with Crippen molar-refractivity contribution in [3.05, 3.63) is 69.4 Å². The van der Waals surface area contributed by atoms with Gasteiger partial charge in [0, 0.05) is 36.5 Å². The summed E-state index contributed by atoms with van der Waals surface area (Å²) in [5.41, 5.74) is -7.83. The van der Waals surface area contributed by atoms with Gasteiger partial charge in [-0.25, -0.2) is 14.4 Å². The molecule has 332 valence electrons. The van der Waals surface area contributed by atoms with Gasteiger partial charge in [-0.3, -0.25) is 14.4 Å². The van der Waals surface area contributed by atoms with E-state index in [9.17, 15) is 39.3 Å². The Morgan fingerprint density at radius 3 is 2.28 bits per heavy atom. The zero-order valence-corrected chi connectivity index (χ0v) is 36.3. The minimum Gasteiger partial charge on any atom is -0.456 e. The Hall–Kier alpha value is -4.68. The van der Waals surface area contributed by atoms with E-state index in [2.05, 4.69) is 5.32 Å². The normalized spacial score (nSPS) is 32.4. The number of thiophene rings is 1. The van der Waals surface area contributed by atoms with Crippen LogP contribution in [0.25, 0.3) is 0 Å². The standard InChI is InChI=1S/C44H55NO15S/c1-9-55-40(53)58-34-31-23(4)26(57-39(52)33(49)32(27-16-13-17-61-27)45-30(48)18-22(2)3)20-44(54,41(31,6)7)37(59-38(51)25-14-11-10-12-15-25)35-42(8,36(34)50)28(47)19-29-43(35,21-56-29)60-24(5)46/h10-17,22,26,28-29,32-35,37,47,49,54H,9,18-21H2,1-8H3,(H,45,48)/t26-,28-,29+,32-,33+,34+,35?,37?,42+,43-,44+/m0/s1. The van der Waals surface area contributed by atoms with Crippen molar-refractivity contribution in [2.45, 2.75) is 129 Å². The molecule has 2 aromatic rings. The molecule has 0 radical (unpaired) electrons. The first-order valence-electron chi connectivity index (χ1n) is 20.4. The zero-order valence-electron chi connectivity index (χ0n) is 35.5. The van der Waals surface area contributed by atoms with Crippen molar-refractivity contribution in [3.8, 4) is 0 Å². The molecule has 0 spiro atoms. The predicted octanol–water partition coefficient (Wildman–Crippen LogP) is 4.14. The number of nitrogens with one attached hydrogen (secondary N) is 1. The van der Waals surface area contributed by atoms with Gasteiger partial charge >= 0.3 is 24.1 Å². The van der Waals surface area contributed by atoms with Gasteiger partial charge in [-0.15, -0.1) is 11.3 Å². The van der Waals surface area contributed by atoms with Crippen molar-refractivity contribution in [2.24, 2.45) is 22.7 Å². The van der Waals surface area contributed by atoms with Crippen molar-refractivity contribution in [3.63, 3.8) is 0 Å². The molecule has 3 fully saturated rings. The first-order valence-corrected chi connectivity index (χ1v) is 21.3. The van der Waals surface area contributed by atoms with E-state index in [1.807, 2.05) is 13.8 Å². The molecular weight excluding hydrogens is 815 g/mol. The number of ether oxygens (including phenoxy) is 6. The van der Waals surface area contributed by atoms with Crippen LogP contribution in [0.1, 0.15) is 95.9 Å². The van der Waals surface area contributed by atoms with Crippen LogP contribution in [0.2, 0.25) is 0 Å². The third kappa shape index (κ3) is 7.99. The first-order chi connectivity index (χ1) is 28.6. The summed E-state index contributed by atoms with van der Waals surface area (Å²) in [5.74, 6) is -5.88. The Morgan fingerprint density at radius 1 is 1.02 bits per heavy atom. The molecule has 1 amide bonds. The SMILES string of the molecule is CCOC(=O)O[C@H]1C(=O)[C@@]2(C)C(C(OC(=O)c3ccccc3)[C@]3(O)C[C@H](OC(=O)[C@H](O)[C@@H](NC(=O)CC(C)C)c4cccs4)C(C)=C1C3(C)C)[C@]1(OC(C)=O)CO[C@@H]1C[C@@H]2O. The molecule has 2 bridgehead atoms. The summed E-state index contributed by atoms with van der Waals surface area (Å²) in [6.45, 7) is 11.9. The molecule has 17 heteroatoms. The number of aliphatic hydroxyl groups excluding tert-OH is 2. The lowest BCUT2D eigenvalue weighted by Gasteiger charge is -2.67. The Kier molecular flexibility index (Phi) is 13.0. The number of carbonyl (C=O) groups is 6. The molecule has 1 aliphatic heterocycles. The largest absolute Gasteiger partial charge is 0.509 e.